The molecule has 2 bridgehead atoms. The maximum atomic E-state index is 15.0. The number of nitrogens with zero attached hydrogens (tertiary/aromatic N) is 2. The van der Waals surface area contributed by atoms with Gasteiger partial charge in [-0.25, -0.2) is 19.2 Å². The Kier molecular flexibility index (Phi) is 4.79. The molecule has 33 heavy (non-hydrogen) atoms. The second-order valence-electron chi connectivity index (χ2n) is 8.91. The fourth-order valence-electron chi connectivity index (χ4n) is 5.13. The number of amides is 1. The van der Waals surface area contributed by atoms with Crippen LogP contribution in [0.3, 0.4) is 0 Å². The average molecular weight is 449 g/mol. The highest BCUT2D eigenvalue weighted by Crippen LogP contribution is 2.37. The van der Waals surface area contributed by atoms with Crippen LogP contribution in [0.2, 0.25) is 0 Å². The molecular formula is C24H24FN5O3. The van der Waals surface area contributed by atoms with Crippen molar-refractivity contribution in [3.05, 3.63) is 42.0 Å². The molecule has 0 radical (unpaired) electrons. The van der Waals surface area contributed by atoms with Gasteiger partial charge in [-0.1, -0.05) is 0 Å². The Morgan fingerprint density at radius 1 is 1.18 bits per heavy atom. The van der Waals surface area contributed by atoms with E-state index in [1.54, 1.807) is 24.5 Å². The maximum absolute atomic E-state index is 15.0. The number of piperidine rings is 1. The summed E-state index contributed by atoms with van der Waals surface area (Å²) in [5.74, 6) is 0.908. The molecule has 0 spiro atoms. The van der Waals surface area contributed by atoms with Crippen molar-refractivity contribution in [2.45, 2.75) is 31.9 Å². The van der Waals surface area contributed by atoms with Crippen LogP contribution in [-0.4, -0.2) is 47.9 Å². The summed E-state index contributed by atoms with van der Waals surface area (Å²) >= 11 is 0. The van der Waals surface area contributed by atoms with Crippen molar-refractivity contribution in [3.8, 4) is 17.0 Å². The number of anilines is 2. The van der Waals surface area contributed by atoms with Crippen LogP contribution in [0.5, 0.6) is 5.88 Å². The SMILES string of the molecule is Cc1c(-c2cc3cc(NC(=O)OC4CC5CC4CN5)ncc3cc2F)cnc2c1NCCO2. The largest absolute Gasteiger partial charge is 0.474 e. The van der Waals surface area contributed by atoms with Crippen molar-refractivity contribution in [1.82, 2.24) is 15.3 Å². The first-order valence-electron chi connectivity index (χ1n) is 11.2. The Labute approximate surface area is 189 Å². The fourth-order valence-corrected chi connectivity index (χ4v) is 5.13. The number of fused-ring (bicyclic) bond motifs is 4. The minimum Gasteiger partial charge on any atom is -0.474 e. The van der Waals surface area contributed by atoms with Crippen molar-refractivity contribution in [2.24, 2.45) is 5.92 Å². The Hall–Kier alpha value is -3.46. The first kappa shape index (κ1) is 20.2. The molecule has 3 unspecified atom stereocenters. The molecule has 1 saturated carbocycles. The molecule has 1 saturated heterocycles. The molecule has 4 heterocycles. The van der Waals surface area contributed by atoms with E-state index in [1.165, 1.54) is 6.07 Å². The van der Waals surface area contributed by atoms with Crippen LogP contribution in [0.4, 0.5) is 20.7 Å². The molecule has 1 amide bonds. The number of aromatic nitrogens is 2. The minimum atomic E-state index is -0.512. The number of pyridine rings is 2. The van der Waals surface area contributed by atoms with E-state index in [1.807, 2.05) is 6.92 Å². The first-order valence-corrected chi connectivity index (χ1v) is 11.2. The van der Waals surface area contributed by atoms with Gasteiger partial charge in [-0.15, -0.1) is 0 Å². The summed E-state index contributed by atoms with van der Waals surface area (Å²) in [7, 11) is 0. The van der Waals surface area contributed by atoms with Crippen LogP contribution in [-0.2, 0) is 4.74 Å². The molecule has 2 aromatic heterocycles. The van der Waals surface area contributed by atoms with E-state index in [-0.39, 0.29) is 11.9 Å². The smallest absolute Gasteiger partial charge is 0.413 e. The van der Waals surface area contributed by atoms with Gasteiger partial charge in [-0.2, -0.15) is 0 Å². The predicted molar refractivity (Wildman–Crippen MR) is 122 cm³/mol. The predicted octanol–water partition coefficient (Wildman–Crippen LogP) is 3.85. The van der Waals surface area contributed by atoms with Gasteiger partial charge < -0.3 is 20.1 Å². The first-order chi connectivity index (χ1) is 16.0. The van der Waals surface area contributed by atoms with Crippen molar-refractivity contribution < 1.29 is 18.7 Å². The molecule has 2 aliphatic heterocycles. The van der Waals surface area contributed by atoms with Gasteiger partial charge in [0.05, 0.1) is 0 Å². The molecule has 6 rings (SSSR count). The number of rotatable bonds is 3. The van der Waals surface area contributed by atoms with E-state index >= 15 is 4.39 Å². The zero-order valence-electron chi connectivity index (χ0n) is 18.2. The van der Waals surface area contributed by atoms with Crippen molar-refractivity contribution in [2.75, 3.05) is 30.3 Å². The average Bonchev–Trinajstić information content (AvgIpc) is 3.43. The Morgan fingerprint density at radius 2 is 2.09 bits per heavy atom. The zero-order valence-corrected chi connectivity index (χ0v) is 18.2. The Bertz CT molecular complexity index is 1270. The number of benzene rings is 1. The van der Waals surface area contributed by atoms with Crippen molar-refractivity contribution in [1.29, 1.82) is 0 Å². The van der Waals surface area contributed by atoms with Gasteiger partial charge in [-0.05, 0) is 42.5 Å². The maximum Gasteiger partial charge on any atom is 0.413 e. The molecule has 9 heteroatoms. The van der Waals surface area contributed by atoms with E-state index in [2.05, 4.69) is 25.9 Å². The second kappa shape index (κ2) is 7.84. The summed E-state index contributed by atoms with van der Waals surface area (Å²) in [5.41, 5.74) is 2.77. The van der Waals surface area contributed by atoms with Crippen molar-refractivity contribution in [3.63, 3.8) is 0 Å². The lowest BCUT2D eigenvalue weighted by Gasteiger charge is -2.22. The summed E-state index contributed by atoms with van der Waals surface area (Å²) in [5, 5.41) is 10.8. The van der Waals surface area contributed by atoms with Gasteiger partial charge in [0.25, 0.3) is 0 Å². The summed E-state index contributed by atoms with van der Waals surface area (Å²) in [4.78, 5) is 21.0. The summed E-state index contributed by atoms with van der Waals surface area (Å²) in [6, 6.07) is 5.38. The topological polar surface area (TPSA) is 97.4 Å². The summed E-state index contributed by atoms with van der Waals surface area (Å²) in [6.07, 6.45) is 4.51. The number of ether oxygens (including phenoxy) is 2. The van der Waals surface area contributed by atoms with E-state index in [0.717, 1.165) is 36.0 Å². The van der Waals surface area contributed by atoms with Crippen molar-refractivity contribution >= 4 is 28.4 Å². The number of hydrogen-bond donors (Lipinski definition) is 3. The molecule has 3 N–H and O–H groups in total. The highest BCUT2D eigenvalue weighted by Gasteiger charge is 2.41. The van der Waals surface area contributed by atoms with Gasteiger partial charge in [0, 0.05) is 60.4 Å². The van der Waals surface area contributed by atoms with Crippen LogP contribution in [0.25, 0.3) is 21.9 Å². The highest BCUT2D eigenvalue weighted by atomic mass is 19.1. The Balaban J connectivity index is 1.27. The second-order valence-corrected chi connectivity index (χ2v) is 8.91. The monoisotopic (exact) mass is 449 g/mol. The number of hydrogen-bond acceptors (Lipinski definition) is 7. The number of nitrogens with one attached hydrogen (secondary N) is 3. The number of carbonyl (C=O) groups excluding carboxylic acids is 1. The van der Waals surface area contributed by atoms with Gasteiger partial charge >= 0.3 is 6.09 Å². The summed E-state index contributed by atoms with van der Waals surface area (Å²) in [6.45, 7) is 4.04. The van der Waals surface area contributed by atoms with Crippen LogP contribution in [0.1, 0.15) is 18.4 Å². The lowest BCUT2D eigenvalue weighted by molar-refractivity contribution is 0.0800. The third kappa shape index (κ3) is 3.62. The molecule has 170 valence electrons. The van der Waals surface area contributed by atoms with Crippen LogP contribution >= 0.6 is 0 Å². The quantitative estimate of drug-likeness (QED) is 0.559. The molecule has 1 aromatic carbocycles. The van der Waals surface area contributed by atoms with E-state index in [4.69, 9.17) is 9.47 Å². The molecule has 3 aliphatic rings. The van der Waals surface area contributed by atoms with E-state index in [9.17, 15) is 4.79 Å². The fraction of sp³-hybridized carbons (Fsp3) is 0.375. The third-order valence-corrected chi connectivity index (χ3v) is 6.83. The van der Waals surface area contributed by atoms with Gasteiger partial charge in [-0.3, -0.25) is 5.32 Å². The van der Waals surface area contributed by atoms with Gasteiger partial charge in [0.2, 0.25) is 5.88 Å². The molecule has 3 atom stereocenters. The number of carbonyl (C=O) groups is 1. The normalized spacial score (nSPS) is 23.0. The molecule has 1 aliphatic carbocycles. The van der Waals surface area contributed by atoms with Crippen LogP contribution in [0.15, 0.2) is 30.6 Å². The van der Waals surface area contributed by atoms with E-state index in [0.29, 0.717) is 53.3 Å². The lowest BCUT2D eigenvalue weighted by atomic mass is 9.98. The van der Waals surface area contributed by atoms with Crippen LogP contribution < -0.4 is 20.7 Å². The lowest BCUT2D eigenvalue weighted by Crippen LogP contribution is -2.36. The third-order valence-electron chi connectivity index (χ3n) is 6.83. The molecule has 2 fully saturated rings. The Morgan fingerprint density at radius 3 is 2.91 bits per heavy atom. The molecular weight excluding hydrogens is 425 g/mol. The standard InChI is InChI=1S/C24H24FN5O3/c1-12-18(11-29-23-22(12)26-2-3-32-23)17-5-13-7-21(28-9-14(13)6-19(17)25)30-24(31)33-20-8-16-4-15(20)10-27-16/h5-7,9,11,15-16,20,26-27H,2-4,8,10H2,1H3,(H,28,30,31). The minimum absolute atomic E-state index is 0.0607. The van der Waals surface area contributed by atoms with Crippen LogP contribution in [0, 0.1) is 18.7 Å². The van der Waals surface area contributed by atoms with E-state index < -0.39 is 6.09 Å². The molecule has 3 aromatic rings. The summed E-state index contributed by atoms with van der Waals surface area (Å²) < 4.78 is 26.2. The highest BCUT2D eigenvalue weighted by molar-refractivity contribution is 5.92. The number of halogens is 1. The van der Waals surface area contributed by atoms with Gasteiger partial charge in [0.15, 0.2) is 0 Å². The van der Waals surface area contributed by atoms with Gasteiger partial charge in [0.1, 0.15) is 30.0 Å². The zero-order chi connectivity index (χ0) is 22.5. The molecule has 8 nitrogen and oxygen atoms in total.